The van der Waals surface area contributed by atoms with Crippen LogP contribution in [0.5, 0.6) is 0 Å². The number of rotatable bonds is 4. The van der Waals surface area contributed by atoms with Crippen molar-refractivity contribution in [2.24, 2.45) is 0 Å². The van der Waals surface area contributed by atoms with Crippen molar-refractivity contribution >= 4 is 23.2 Å². The molecule has 0 amide bonds. The molecule has 0 aromatic carbocycles. The van der Waals surface area contributed by atoms with E-state index in [9.17, 15) is 0 Å². The van der Waals surface area contributed by atoms with Gasteiger partial charge in [-0.05, 0) is 0 Å². The molecule has 0 saturated carbocycles. The Morgan fingerprint density at radius 3 is 1.09 bits per heavy atom. The van der Waals surface area contributed by atoms with E-state index in [1.54, 1.807) is 18.1 Å². The van der Waals surface area contributed by atoms with Gasteiger partial charge < -0.3 is 0 Å². The van der Waals surface area contributed by atoms with Crippen molar-refractivity contribution in [2.45, 2.75) is 53.7 Å². The molecule has 0 aromatic rings. The van der Waals surface area contributed by atoms with Crippen molar-refractivity contribution in [1.82, 2.24) is 0 Å². The Hall–Kier alpha value is 1.02. The van der Waals surface area contributed by atoms with Crippen molar-refractivity contribution in [3.05, 3.63) is 0 Å². The summed E-state index contributed by atoms with van der Waals surface area (Å²) in [6.45, 7) is 7.30. The van der Waals surface area contributed by atoms with E-state index in [1.807, 2.05) is 0 Å². The summed E-state index contributed by atoms with van der Waals surface area (Å²) in [7, 11) is 0. The van der Waals surface area contributed by atoms with Gasteiger partial charge in [-0.1, -0.05) is 0 Å². The summed E-state index contributed by atoms with van der Waals surface area (Å²) in [4.78, 5) is 7.91. The molecule has 0 heterocycles. The van der Waals surface area contributed by atoms with Gasteiger partial charge in [0.2, 0.25) is 0 Å². The SMILES string of the molecule is CC[Si](CC)(CC)[Sn]([CH3])([CH3])[CH3]. The molecule has 0 radical (unpaired) electrons. The van der Waals surface area contributed by atoms with E-state index < -0.39 is 23.2 Å². The molecular formula is C9H24SiSn. The van der Waals surface area contributed by atoms with Gasteiger partial charge in [-0.2, -0.15) is 0 Å². The van der Waals surface area contributed by atoms with E-state index in [2.05, 4.69) is 35.6 Å². The molecular weight excluding hydrogens is 255 g/mol. The summed E-state index contributed by atoms with van der Waals surface area (Å²) >= 11 is -1.52. The fourth-order valence-electron chi connectivity index (χ4n) is 2.34. The Balaban J connectivity index is 4.54. The Morgan fingerprint density at radius 1 is 0.818 bits per heavy atom. The van der Waals surface area contributed by atoms with Gasteiger partial charge in [-0.3, -0.25) is 0 Å². The monoisotopic (exact) mass is 280 g/mol. The van der Waals surface area contributed by atoms with Crippen LogP contribution < -0.4 is 0 Å². The van der Waals surface area contributed by atoms with Gasteiger partial charge >= 0.3 is 76.9 Å². The molecule has 0 aliphatic carbocycles. The van der Waals surface area contributed by atoms with Crippen LogP contribution in [0.15, 0.2) is 0 Å². The van der Waals surface area contributed by atoms with Gasteiger partial charge in [-0.25, -0.2) is 0 Å². The van der Waals surface area contributed by atoms with Gasteiger partial charge in [0, 0.05) is 0 Å². The van der Waals surface area contributed by atoms with Gasteiger partial charge in [0.1, 0.15) is 0 Å². The van der Waals surface area contributed by atoms with Gasteiger partial charge in [0.15, 0.2) is 0 Å². The summed E-state index contributed by atoms with van der Waals surface area (Å²) in [6.07, 6.45) is 0. The molecule has 68 valence electrons. The molecule has 0 aliphatic rings. The first-order valence-corrected chi connectivity index (χ1v) is 20.4. The molecule has 0 nitrogen and oxygen atoms in total. The van der Waals surface area contributed by atoms with E-state index >= 15 is 0 Å². The maximum atomic E-state index is 2.64. The van der Waals surface area contributed by atoms with Crippen LogP contribution in [0.25, 0.3) is 0 Å². The number of hydrogen-bond acceptors (Lipinski definition) is 0. The zero-order chi connectivity index (χ0) is 9.12. The summed E-state index contributed by atoms with van der Waals surface area (Å²) in [5.74, 6) is 0. The van der Waals surface area contributed by atoms with Crippen LogP contribution >= 0.6 is 0 Å². The van der Waals surface area contributed by atoms with Crippen LogP contribution in [0.2, 0.25) is 33.0 Å². The molecule has 0 aromatic heterocycles. The van der Waals surface area contributed by atoms with Crippen LogP contribution in [0.4, 0.5) is 0 Å². The van der Waals surface area contributed by atoms with E-state index in [4.69, 9.17) is 0 Å². The zero-order valence-corrected chi connectivity index (χ0v) is 13.0. The first-order chi connectivity index (χ1) is 4.93. The molecule has 0 bridgehead atoms. The van der Waals surface area contributed by atoms with E-state index in [-0.39, 0.29) is 0 Å². The average molecular weight is 279 g/mol. The Morgan fingerprint density at radius 2 is 1.09 bits per heavy atom. The van der Waals surface area contributed by atoms with Crippen LogP contribution in [-0.2, 0) is 0 Å². The Bertz CT molecular complexity index is 103. The van der Waals surface area contributed by atoms with Gasteiger partial charge in [-0.15, -0.1) is 0 Å². The van der Waals surface area contributed by atoms with Crippen molar-refractivity contribution in [3.63, 3.8) is 0 Å². The molecule has 0 rings (SSSR count). The van der Waals surface area contributed by atoms with Crippen LogP contribution in [0, 0.1) is 0 Å². The molecule has 0 saturated heterocycles. The van der Waals surface area contributed by atoms with Gasteiger partial charge in [0.05, 0.1) is 0 Å². The Labute approximate surface area is 76.7 Å². The van der Waals surface area contributed by atoms with E-state index in [1.165, 1.54) is 0 Å². The third-order valence-electron chi connectivity index (χ3n) is 3.62. The fraction of sp³-hybridized carbons (Fsp3) is 1.00. The van der Waals surface area contributed by atoms with Crippen molar-refractivity contribution in [2.75, 3.05) is 0 Å². The summed E-state index contributed by atoms with van der Waals surface area (Å²) in [6, 6.07) is 4.62. The van der Waals surface area contributed by atoms with E-state index in [0.717, 1.165) is 0 Å². The van der Waals surface area contributed by atoms with Crippen molar-refractivity contribution in [1.29, 1.82) is 0 Å². The second-order valence-corrected chi connectivity index (χ2v) is 41.3. The first kappa shape index (κ1) is 12.0. The molecule has 0 N–H and O–H groups in total. The predicted octanol–water partition coefficient (Wildman–Crippen LogP) is 3.91. The Kier molecular flexibility index (Phi) is 4.71. The summed E-state index contributed by atoms with van der Waals surface area (Å²) < 4.78 is 0. The van der Waals surface area contributed by atoms with E-state index in [0.29, 0.717) is 0 Å². The third kappa shape index (κ3) is 2.48. The molecule has 0 atom stereocenters. The normalized spacial score (nSPS) is 13.6. The van der Waals surface area contributed by atoms with Crippen LogP contribution in [0.3, 0.4) is 0 Å². The molecule has 0 fully saturated rings. The topological polar surface area (TPSA) is 0 Å². The average Bonchev–Trinajstić information content (AvgIpc) is 1.90. The van der Waals surface area contributed by atoms with Crippen molar-refractivity contribution in [3.8, 4) is 0 Å². The predicted molar refractivity (Wildman–Crippen MR) is 60.5 cm³/mol. The second-order valence-electron chi connectivity index (χ2n) is 4.59. The zero-order valence-electron chi connectivity index (χ0n) is 9.12. The summed E-state index contributed by atoms with van der Waals surface area (Å²) in [5, 5.41) is 0. The fourth-order valence-corrected chi connectivity index (χ4v) is 34.3. The third-order valence-corrected chi connectivity index (χ3v) is 47.2. The van der Waals surface area contributed by atoms with Crippen molar-refractivity contribution < 1.29 is 0 Å². The molecule has 0 spiro atoms. The van der Waals surface area contributed by atoms with Crippen LogP contribution in [0.1, 0.15) is 20.8 Å². The molecule has 0 aliphatic heterocycles. The van der Waals surface area contributed by atoms with Gasteiger partial charge in [0.25, 0.3) is 0 Å². The summed E-state index contributed by atoms with van der Waals surface area (Å²) in [5.41, 5.74) is -0.709. The van der Waals surface area contributed by atoms with Crippen LogP contribution in [-0.4, -0.2) is 23.2 Å². The quantitative estimate of drug-likeness (QED) is 0.684. The molecule has 11 heavy (non-hydrogen) atoms. The molecule has 0 unspecified atom stereocenters. The maximum absolute atomic E-state index is 2.64. The molecule has 2 heteroatoms. The minimum atomic E-state index is -1.52. The standard InChI is InChI=1S/C6H15Si.3CH3.Sn/c1-4-7(5-2)6-3;;;;/h4-6H2,1-3H3;3*1H3;. The second kappa shape index (κ2) is 4.31. The first-order valence-electron chi connectivity index (χ1n) is 4.93. The minimum absolute atomic E-state index is 0.709. The number of hydrogen-bond donors (Lipinski definition) is 0.